The van der Waals surface area contributed by atoms with Crippen molar-refractivity contribution < 1.29 is 13.9 Å². The molecule has 0 radical (unpaired) electrons. The third-order valence-corrected chi connectivity index (χ3v) is 4.08. The standard InChI is InChI=1S/C15H25FN4O2/c1-19(15-17-10-13(16)14(18-15)22-3)11-12-4-6-20(7-5-12)8-9-21-2/h10,12H,4-9,11H2,1-3H3. The smallest absolute Gasteiger partial charge is 0.255 e. The normalized spacial score (nSPS) is 16.7. The minimum atomic E-state index is -0.536. The average molecular weight is 312 g/mol. The van der Waals surface area contributed by atoms with Crippen molar-refractivity contribution in [2.75, 3.05) is 59.0 Å². The van der Waals surface area contributed by atoms with Crippen molar-refractivity contribution >= 4 is 5.95 Å². The Morgan fingerprint density at radius 1 is 1.36 bits per heavy atom. The predicted molar refractivity (Wildman–Crippen MR) is 82.9 cm³/mol. The molecule has 0 amide bonds. The highest BCUT2D eigenvalue weighted by atomic mass is 19.1. The van der Waals surface area contributed by atoms with Gasteiger partial charge in [-0.25, -0.2) is 4.98 Å². The molecule has 0 unspecified atom stereocenters. The maximum absolute atomic E-state index is 13.4. The summed E-state index contributed by atoms with van der Waals surface area (Å²) in [5.74, 6) is 0.556. The number of aromatic nitrogens is 2. The Kier molecular flexibility index (Phi) is 6.33. The molecule has 0 atom stereocenters. The number of ether oxygens (including phenoxy) is 2. The summed E-state index contributed by atoms with van der Waals surface area (Å²) >= 11 is 0. The molecule has 0 saturated carbocycles. The van der Waals surface area contributed by atoms with Crippen LogP contribution in [0.15, 0.2) is 6.20 Å². The number of methoxy groups -OCH3 is 2. The Labute approximate surface area is 131 Å². The van der Waals surface area contributed by atoms with Crippen LogP contribution in [-0.2, 0) is 4.74 Å². The molecule has 0 N–H and O–H groups in total. The van der Waals surface area contributed by atoms with Crippen LogP contribution in [0.25, 0.3) is 0 Å². The topological polar surface area (TPSA) is 50.7 Å². The maximum Gasteiger partial charge on any atom is 0.255 e. The second-order valence-electron chi connectivity index (χ2n) is 5.69. The van der Waals surface area contributed by atoms with Crippen molar-refractivity contribution in [3.63, 3.8) is 0 Å². The Morgan fingerprint density at radius 3 is 2.73 bits per heavy atom. The van der Waals surface area contributed by atoms with E-state index in [9.17, 15) is 4.39 Å². The molecule has 2 heterocycles. The van der Waals surface area contributed by atoms with Gasteiger partial charge in [0, 0.05) is 27.2 Å². The number of anilines is 1. The minimum absolute atomic E-state index is 0.00812. The van der Waals surface area contributed by atoms with Crippen LogP contribution < -0.4 is 9.64 Å². The van der Waals surface area contributed by atoms with E-state index >= 15 is 0 Å². The fourth-order valence-electron chi connectivity index (χ4n) is 2.75. The highest BCUT2D eigenvalue weighted by molar-refractivity contribution is 5.31. The minimum Gasteiger partial charge on any atom is -0.479 e. The number of hydrogen-bond acceptors (Lipinski definition) is 6. The lowest BCUT2D eigenvalue weighted by Gasteiger charge is -2.33. The van der Waals surface area contributed by atoms with Crippen LogP contribution >= 0.6 is 0 Å². The lowest BCUT2D eigenvalue weighted by molar-refractivity contribution is 0.121. The van der Waals surface area contributed by atoms with E-state index in [4.69, 9.17) is 9.47 Å². The molecule has 22 heavy (non-hydrogen) atoms. The summed E-state index contributed by atoms with van der Waals surface area (Å²) < 4.78 is 23.4. The lowest BCUT2D eigenvalue weighted by Crippen LogP contribution is -2.39. The van der Waals surface area contributed by atoms with Gasteiger partial charge in [0.15, 0.2) is 0 Å². The summed E-state index contributed by atoms with van der Waals surface area (Å²) in [5.41, 5.74) is 0. The molecule has 1 aromatic rings. The number of nitrogens with zero attached hydrogens (tertiary/aromatic N) is 4. The van der Waals surface area contributed by atoms with Crippen molar-refractivity contribution in [3.8, 4) is 5.88 Å². The van der Waals surface area contributed by atoms with Crippen LogP contribution in [-0.4, -0.2) is 68.9 Å². The second-order valence-corrected chi connectivity index (χ2v) is 5.69. The van der Waals surface area contributed by atoms with Crippen molar-refractivity contribution in [2.45, 2.75) is 12.8 Å². The maximum atomic E-state index is 13.4. The van der Waals surface area contributed by atoms with Gasteiger partial charge in [0.2, 0.25) is 11.8 Å². The molecule has 1 aromatic heterocycles. The van der Waals surface area contributed by atoms with Crippen molar-refractivity contribution in [2.24, 2.45) is 5.92 Å². The summed E-state index contributed by atoms with van der Waals surface area (Å²) in [6.07, 6.45) is 3.45. The third kappa shape index (κ3) is 4.51. The number of likely N-dealkylation sites (tertiary alicyclic amines) is 1. The molecule has 0 bridgehead atoms. The van der Waals surface area contributed by atoms with Crippen molar-refractivity contribution in [1.82, 2.24) is 14.9 Å². The summed E-state index contributed by atoms with van der Waals surface area (Å²) in [6.45, 7) is 4.84. The zero-order valence-corrected chi connectivity index (χ0v) is 13.6. The molecule has 0 spiro atoms. The number of rotatable bonds is 7. The van der Waals surface area contributed by atoms with Gasteiger partial charge >= 0.3 is 0 Å². The molecule has 6 nitrogen and oxygen atoms in total. The summed E-state index contributed by atoms with van der Waals surface area (Å²) in [6, 6.07) is 0. The molecular formula is C15H25FN4O2. The van der Waals surface area contributed by atoms with Crippen LogP contribution in [0.2, 0.25) is 0 Å². The van der Waals surface area contributed by atoms with Gasteiger partial charge in [0.05, 0.1) is 19.9 Å². The van der Waals surface area contributed by atoms with E-state index in [-0.39, 0.29) is 5.88 Å². The fourth-order valence-corrected chi connectivity index (χ4v) is 2.75. The van der Waals surface area contributed by atoms with Gasteiger partial charge in [-0.15, -0.1) is 0 Å². The molecule has 1 aliphatic rings. The van der Waals surface area contributed by atoms with E-state index in [1.54, 1.807) is 7.11 Å². The Balaban J connectivity index is 1.84. The quantitative estimate of drug-likeness (QED) is 0.759. The van der Waals surface area contributed by atoms with Gasteiger partial charge in [0.25, 0.3) is 5.88 Å². The largest absolute Gasteiger partial charge is 0.479 e. The van der Waals surface area contributed by atoms with E-state index in [1.165, 1.54) is 7.11 Å². The van der Waals surface area contributed by atoms with Gasteiger partial charge < -0.3 is 19.3 Å². The monoisotopic (exact) mass is 312 g/mol. The Morgan fingerprint density at radius 2 is 2.09 bits per heavy atom. The molecule has 7 heteroatoms. The highest BCUT2D eigenvalue weighted by Gasteiger charge is 2.21. The first-order valence-electron chi connectivity index (χ1n) is 7.63. The fraction of sp³-hybridized carbons (Fsp3) is 0.733. The van der Waals surface area contributed by atoms with Crippen molar-refractivity contribution in [1.29, 1.82) is 0 Å². The number of hydrogen-bond donors (Lipinski definition) is 0. The molecule has 2 rings (SSSR count). The van der Waals surface area contributed by atoms with Gasteiger partial charge in [0.1, 0.15) is 0 Å². The first-order valence-corrected chi connectivity index (χ1v) is 7.63. The van der Waals surface area contributed by atoms with E-state index in [0.29, 0.717) is 11.9 Å². The highest BCUT2D eigenvalue weighted by Crippen LogP contribution is 2.21. The Bertz CT molecular complexity index is 467. The van der Waals surface area contributed by atoms with Crippen LogP contribution in [0.5, 0.6) is 5.88 Å². The van der Waals surface area contributed by atoms with E-state index in [1.807, 2.05) is 11.9 Å². The number of halogens is 1. The summed E-state index contributed by atoms with van der Waals surface area (Å²) in [5, 5.41) is 0. The van der Waals surface area contributed by atoms with Crippen LogP contribution in [0.4, 0.5) is 10.3 Å². The molecule has 1 fully saturated rings. The SMILES string of the molecule is COCCN1CCC(CN(C)c2ncc(F)c(OC)n2)CC1. The summed E-state index contributed by atoms with van der Waals surface area (Å²) in [7, 11) is 5.08. The first-order chi connectivity index (χ1) is 10.6. The lowest BCUT2D eigenvalue weighted by atomic mass is 9.96. The van der Waals surface area contributed by atoms with Crippen LogP contribution in [0.3, 0.4) is 0 Å². The molecule has 124 valence electrons. The average Bonchev–Trinajstić information content (AvgIpc) is 2.54. The molecule has 0 aliphatic carbocycles. The first kappa shape index (κ1) is 16.9. The Hall–Kier alpha value is -1.47. The molecule has 1 aliphatic heterocycles. The van der Waals surface area contributed by atoms with Crippen molar-refractivity contribution in [3.05, 3.63) is 12.0 Å². The zero-order valence-electron chi connectivity index (χ0n) is 13.6. The van der Waals surface area contributed by atoms with E-state index < -0.39 is 5.82 Å². The van der Waals surface area contributed by atoms with Gasteiger partial charge in [-0.1, -0.05) is 0 Å². The molecular weight excluding hydrogens is 287 g/mol. The van der Waals surface area contributed by atoms with Gasteiger partial charge in [-0.2, -0.15) is 9.37 Å². The van der Waals surface area contributed by atoms with Crippen LogP contribution in [0.1, 0.15) is 12.8 Å². The molecule has 0 aromatic carbocycles. The second kappa shape index (κ2) is 8.24. The summed E-state index contributed by atoms with van der Waals surface area (Å²) in [4.78, 5) is 12.5. The van der Waals surface area contributed by atoms with Gasteiger partial charge in [-0.3, -0.25) is 0 Å². The zero-order chi connectivity index (χ0) is 15.9. The van der Waals surface area contributed by atoms with Crippen LogP contribution in [0, 0.1) is 11.7 Å². The predicted octanol–water partition coefficient (Wildman–Crippen LogP) is 1.42. The third-order valence-electron chi connectivity index (χ3n) is 4.08. The van der Waals surface area contributed by atoms with E-state index in [0.717, 1.165) is 51.8 Å². The number of piperidine rings is 1. The van der Waals surface area contributed by atoms with E-state index in [2.05, 4.69) is 14.9 Å². The molecule has 1 saturated heterocycles. The van der Waals surface area contributed by atoms with Gasteiger partial charge in [-0.05, 0) is 31.8 Å².